The number of hydrogen-bond donors (Lipinski definition) is 0. The highest BCUT2D eigenvalue weighted by atomic mass is 79.9. The first-order valence-corrected chi connectivity index (χ1v) is 15.2. The van der Waals surface area contributed by atoms with Crippen molar-refractivity contribution in [2.45, 2.75) is 88.9 Å². The van der Waals surface area contributed by atoms with Gasteiger partial charge in [0.15, 0.2) is 17.4 Å². The molecule has 236 valence electrons. The van der Waals surface area contributed by atoms with Crippen LogP contribution in [0.25, 0.3) is 10.9 Å². The summed E-state index contributed by atoms with van der Waals surface area (Å²) >= 11 is 2.80. The maximum absolute atomic E-state index is 15.6. The van der Waals surface area contributed by atoms with E-state index in [1.807, 2.05) is 4.90 Å². The second kappa shape index (κ2) is 11.0. The van der Waals surface area contributed by atoms with Crippen LogP contribution >= 0.6 is 15.9 Å². The van der Waals surface area contributed by atoms with Gasteiger partial charge < -0.3 is 19.1 Å². The molecule has 6 rings (SSSR count). The van der Waals surface area contributed by atoms with Gasteiger partial charge in [-0.15, -0.1) is 0 Å². The van der Waals surface area contributed by atoms with Gasteiger partial charge in [-0.2, -0.15) is 18.7 Å². The third kappa shape index (κ3) is 5.55. The lowest BCUT2D eigenvalue weighted by Crippen LogP contribution is -2.57. The lowest BCUT2D eigenvalue weighted by Gasteiger charge is -2.42. The Morgan fingerprint density at radius 1 is 1.12 bits per heavy atom. The Hall–Kier alpha value is -2.68. The van der Waals surface area contributed by atoms with E-state index in [0.717, 1.165) is 13.0 Å². The number of rotatable bonds is 6. The predicted molar refractivity (Wildman–Crippen MR) is 149 cm³/mol. The van der Waals surface area contributed by atoms with Crippen LogP contribution in [0, 0.1) is 11.6 Å². The summed E-state index contributed by atoms with van der Waals surface area (Å²) in [7, 11) is 0. The van der Waals surface area contributed by atoms with E-state index < -0.39 is 57.4 Å². The van der Waals surface area contributed by atoms with Crippen LogP contribution in [-0.2, 0) is 4.74 Å². The lowest BCUT2D eigenvalue weighted by molar-refractivity contribution is -0.0512. The summed E-state index contributed by atoms with van der Waals surface area (Å²) in [5.41, 5.74) is -1.73. The zero-order valence-electron chi connectivity index (χ0n) is 24.0. The van der Waals surface area contributed by atoms with Crippen LogP contribution in [0.1, 0.15) is 52.9 Å². The molecular weight excluding hydrogens is 645 g/mol. The number of carbonyl (C=O) groups is 1. The molecule has 4 fully saturated rings. The SMILES string of the molecule is CC(C)(C)OC(=O)N1C2CCC1CN(c1nc(OC[C@@]34CCCN3C[C@H](F)C4)nc3c(F)c(Br)c(F)c(OC(F)F)c13)C2. The number of fused-ring (bicyclic) bond motifs is 4. The quantitative estimate of drug-likeness (QED) is 0.280. The first-order valence-electron chi connectivity index (χ1n) is 14.4. The van der Waals surface area contributed by atoms with Crippen LogP contribution in [0.5, 0.6) is 11.8 Å². The van der Waals surface area contributed by atoms with Crippen molar-refractivity contribution in [1.82, 2.24) is 19.8 Å². The molecule has 4 aliphatic heterocycles. The molecule has 2 aromatic rings. The fourth-order valence-corrected chi connectivity index (χ4v) is 7.40. The zero-order chi connectivity index (χ0) is 30.8. The maximum Gasteiger partial charge on any atom is 0.410 e. The molecule has 4 atom stereocenters. The molecule has 0 N–H and O–H groups in total. The van der Waals surface area contributed by atoms with Gasteiger partial charge in [0, 0.05) is 26.1 Å². The molecule has 43 heavy (non-hydrogen) atoms. The van der Waals surface area contributed by atoms with E-state index in [0.29, 0.717) is 25.8 Å². The van der Waals surface area contributed by atoms with Gasteiger partial charge in [-0.25, -0.2) is 18.0 Å². The number of halogens is 6. The molecule has 2 bridgehead atoms. The van der Waals surface area contributed by atoms with Gasteiger partial charge in [0.2, 0.25) is 0 Å². The van der Waals surface area contributed by atoms with Gasteiger partial charge >= 0.3 is 18.7 Å². The molecule has 4 aliphatic rings. The minimum atomic E-state index is -3.41. The number of benzene rings is 1. The third-order valence-electron chi connectivity index (χ3n) is 8.71. The van der Waals surface area contributed by atoms with Crippen molar-refractivity contribution in [3.63, 3.8) is 0 Å². The molecule has 2 unspecified atom stereocenters. The Bertz CT molecular complexity index is 1420. The molecule has 1 aromatic heterocycles. The number of amides is 1. The number of ether oxygens (including phenoxy) is 3. The predicted octanol–water partition coefficient (Wildman–Crippen LogP) is 5.82. The normalized spacial score (nSPS) is 27.3. The summed E-state index contributed by atoms with van der Waals surface area (Å²) < 4.78 is 87.6. The topological polar surface area (TPSA) is 80.3 Å². The van der Waals surface area contributed by atoms with E-state index in [1.165, 1.54) is 0 Å². The Morgan fingerprint density at radius 2 is 1.81 bits per heavy atom. The summed E-state index contributed by atoms with van der Waals surface area (Å²) in [6, 6.07) is -0.898. The van der Waals surface area contributed by atoms with Gasteiger partial charge in [-0.1, -0.05) is 0 Å². The number of hydrogen-bond acceptors (Lipinski definition) is 8. The number of carbonyl (C=O) groups excluding carboxylic acids is 1. The van der Waals surface area contributed by atoms with Crippen LogP contribution in [0.2, 0.25) is 0 Å². The van der Waals surface area contributed by atoms with E-state index in [2.05, 4.69) is 30.6 Å². The maximum atomic E-state index is 15.6. The molecular formula is C28H33BrF5N5O4. The monoisotopic (exact) mass is 677 g/mol. The summed E-state index contributed by atoms with van der Waals surface area (Å²) in [5, 5.41) is -0.374. The third-order valence-corrected chi connectivity index (χ3v) is 9.41. The van der Waals surface area contributed by atoms with E-state index in [1.54, 1.807) is 30.6 Å². The Morgan fingerprint density at radius 3 is 2.47 bits per heavy atom. The van der Waals surface area contributed by atoms with E-state index >= 15 is 8.78 Å². The molecule has 0 saturated carbocycles. The Kier molecular flexibility index (Phi) is 7.79. The summed E-state index contributed by atoms with van der Waals surface area (Å²) in [5.74, 6) is -3.46. The number of anilines is 1. The van der Waals surface area contributed by atoms with Gasteiger partial charge in [0.25, 0.3) is 0 Å². The highest BCUT2D eigenvalue weighted by Crippen LogP contribution is 2.45. The fourth-order valence-electron chi connectivity index (χ4n) is 7.04. The van der Waals surface area contributed by atoms with Gasteiger partial charge in [-0.05, 0) is 68.9 Å². The van der Waals surface area contributed by atoms with E-state index in [-0.39, 0.29) is 55.4 Å². The van der Waals surface area contributed by atoms with Crippen LogP contribution in [0.3, 0.4) is 0 Å². The highest BCUT2D eigenvalue weighted by molar-refractivity contribution is 9.10. The van der Waals surface area contributed by atoms with Crippen LogP contribution < -0.4 is 14.4 Å². The summed E-state index contributed by atoms with van der Waals surface area (Å²) in [4.78, 5) is 27.1. The molecule has 0 spiro atoms. The number of nitrogens with zero attached hydrogens (tertiary/aromatic N) is 5. The average Bonchev–Trinajstić information content (AvgIpc) is 3.54. The number of piperazine rings is 1. The van der Waals surface area contributed by atoms with Gasteiger partial charge in [0.1, 0.15) is 29.7 Å². The average molecular weight is 678 g/mol. The largest absolute Gasteiger partial charge is 0.461 e. The summed E-state index contributed by atoms with van der Waals surface area (Å²) in [6.45, 7) is 3.35. The Labute approximate surface area is 253 Å². The standard InChI is InChI=1S/C28H33BrF5N5O4/c1-27(2,3)43-26(40)39-15-5-6-16(39)12-37(11-15)23-17-21(19(31)18(29)20(32)22(17)42-24(33)34)35-25(36-23)41-13-28-7-4-8-38(28)10-14(30)9-28/h14-16,24H,4-13H2,1-3H3/t14-,15?,16?,28+/m1/s1. The molecule has 4 saturated heterocycles. The van der Waals surface area contributed by atoms with Crippen molar-refractivity contribution in [2.24, 2.45) is 0 Å². The molecule has 1 aromatic carbocycles. The summed E-state index contributed by atoms with van der Waals surface area (Å²) in [6.07, 6.45) is 1.68. The zero-order valence-corrected chi connectivity index (χ0v) is 25.6. The van der Waals surface area contributed by atoms with Gasteiger partial charge in [0.05, 0.1) is 27.5 Å². The number of aromatic nitrogens is 2. The minimum absolute atomic E-state index is 0.0421. The molecule has 15 heteroatoms. The van der Waals surface area contributed by atoms with Crippen molar-refractivity contribution in [2.75, 3.05) is 37.7 Å². The molecule has 0 aliphatic carbocycles. The minimum Gasteiger partial charge on any atom is -0.461 e. The fraction of sp³-hybridized carbons (Fsp3) is 0.679. The van der Waals surface area contributed by atoms with Crippen molar-refractivity contribution in [1.29, 1.82) is 0 Å². The van der Waals surface area contributed by atoms with E-state index in [9.17, 15) is 18.0 Å². The van der Waals surface area contributed by atoms with Crippen molar-refractivity contribution in [3.05, 3.63) is 16.1 Å². The second-order valence-electron chi connectivity index (χ2n) is 12.7. The molecule has 9 nitrogen and oxygen atoms in total. The van der Waals surface area contributed by atoms with Crippen LogP contribution in [0.4, 0.5) is 32.6 Å². The van der Waals surface area contributed by atoms with Crippen molar-refractivity contribution in [3.8, 4) is 11.8 Å². The van der Waals surface area contributed by atoms with Crippen molar-refractivity contribution >= 4 is 38.7 Å². The smallest absolute Gasteiger partial charge is 0.410 e. The van der Waals surface area contributed by atoms with Crippen LogP contribution in [-0.4, -0.2) is 94.7 Å². The molecule has 5 heterocycles. The second-order valence-corrected chi connectivity index (χ2v) is 13.5. The highest BCUT2D eigenvalue weighted by Gasteiger charge is 2.50. The van der Waals surface area contributed by atoms with E-state index in [4.69, 9.17) is 9.47 Å². The number of alkyl halides is 3. The molecule has 1 amide bonds. The first kappa shape index (κ1) is 30.4. The van der Waals surface area contributed by atoms with Crippen molar-refractivity contribution < 1.29 is 41.0 Å². The van der Waals surface area contributed by atoms with Crippen LogP contribution in [0.15, 0.2) is 4.47 Å². The Balaban J connectivity index is 1.40. The first-order chi connectivity index (χ1) is 20.3. The lowest BCUT2D eigenvalue weighted by atomic mass is 9.95. The van der Waals surface area contributed by atoms with Gasteiger partial charge in [-0.3, -0.25) is 9.80 Å². The molecule has 0 radical (unpaired) electrons.